The second kappa shape index (κ2) is 17.1. The van der Waals surface area contributed by atoms with Gasteiger partial charge in [-0.25, -0.2) is 0 Å². The zero-order chi connectivity index (χ0) is 39.8. The van der Waals surface area contributed by atoms with Crippen molar-refractivity contribution in [2.24, 2.45) is 5.92 Å². The van der Waals surface area contributed by atoms with Crippen LogP contribution >= 0.6 is 11.3 Å². The monoisotopic (exact) mass is 968 g/mol. The van der Waals surface area contributed by atoms with E-state index in [9.17, 15) is 0 Å². The SMILES string of the molecule is CC(C)Cc1cc(-c2[c-]cccc2)ncc1[Si](C)(C)C.Cc1cc(-n2c(-c3[c-]sc4c(C)c5ccccc5cc34)nc3ccccc32)cc(C)c1-c1ccccc1.[Ir]. The number of para-hydroxylation sites is 2. The van der Waals surface area contributed by atoms with Gasteiger partial charge in [0, 0.05) is 32.0 Å². The van der Waals surface area contributed by atoms with Gasteiger partial charge in [-0.05, 0) is 101 Å². The molecular weight excluding hydrogens is 919 g/mol. The van der Waals surface area contributed by atoms with Crippen LogP contribution in [0.2, 0.25) is 19.6 Å². The van der Waals surface area contributed by atoms with Gasteiger partial charge in [0.2, 0.25) is 0 Å². The van der Waals surface area contributed by atoms with Gasteiger partial charge in [0.1, 0.15) is 0 Å². The van der Waals surface area contributed by atoms with Gasteiger partial charge in [-0.3, -0.25) is 16.3 Å². The molecule has 9 rings (SSSR count). The number of thiophene rings is 1. The van der Waals surface area contributed by atoms with E-state index < -0.39 is 8.07 Å². The summed E-state index contributed by atoms with van der Waals surface area (Å²) in [4.78, 5) is 9.86. The molecule has 6 heteroatoms. The molecule has 6 aromatic carbocycles. The van der Waals surface area contributed by atoms with E-state index in [-0.39, 0.29) is 20.1 Å². The molecule has 293 valence electrons. The molecule has 0 amide bonds. The Morgan fingerprint density at radius 2 is 1.45 bits per heavy atom. The van der Waals surface area contributed by atoms with Gasteiger partial charge in [-0.15, -0.1) is 41.3 Å². The van der Waals surface area contributed by atoms with Crippen LogP contribution in [0, 0.1) is 38.1 Å². The zero-order valence-corrected chi connectivity index (χ0v) is 38.8. The molecule has 0 bridgehead atoms. The second-order valence-corrected chi connectivity index (χ2v) is 22.5. The topological polar surface area (TPSA) is 30.7 Å². The standard InChI is InChI=1S/C34H25N2S.C18H24NSi.Ir/c1-21-17-26(18-22(2)32(21)24-11-5-4-6-12-24)36-31-16-10-9-15-30(31)35-34(36)29-20-37-33-23(3)27-14-8-7-13-25(27)19-28(29)33;1-14(2)11-16-12-17(15-9-7-6-8-10-15)19-13-18(16)20(3,4)5;/h4-19H,1-3H3;6-9,12-14H,11H2,1-5H3;/q2*-1;. The van der Waals surface area contributed by atoms with E-state index in [1.807, 2.05) is 18.2 Å². The molecule has 9 aromatic rings. The quantitative estimate of drug-likeness (QED) is 0.118. The van der Waals surface area contributed by atoms with E-state index in [1.54, 1.807) is 11.3 Å². The van der Waals surface area contributed by atoms with Crippen molar-refractivity contribution < 1.29 is 20.1 Å². The minimum Gasteiger partial charge on any atom is -0.333 e. The molecule has 0 aliphatic rings. The molecule has 0 spiro atoms. The fourth-order valence-electron chi connectivity index (χ4n) is 8.22. The number of aromatic nitrogens is 3. The minimum absolute atomic E-state index is 0. The Kier molecular flexibility index (Phi) is 12.1. The molecule has 0 saturated heterocycles. The van der Waals surface area contributed by atoms with Gasteiger partial charge in [-0.1, -0.05) is 139 Å². The number of nitrogens with zero attached hydrogens (tertiary/aromatic N) is 3. The summed E-state index contributed by atoms with van der Waals surface area (Å²) in [5, 5.41) is 8.90. The van der Waals surface area contributed by atoms with Crippen molar-refractivity contribution >= 4 is 56.5 Å². The number of aryl methyl sites for hydroxylation is 3. The van der Waals surface area contributed by atoms with Crippen LogP contribution in [0.3, 0.4) is 0 Å². The maximum absolute atomic E-state index is 5.17. The summed E-state index contributed by atoms with van der Waals surface area (Å²) < 4.78 is 3.59. The van der Waals surface area contributed by atoms with Crippen molar-refractivity contribution in [3.63, 3.8) is 0 Å². The van der Waals surface area contributed by atoms with E-state index in [0.717, 1.165) is 45.8 Å². The van der Waals surface area contributed by atoms with E-state index >= 15 is 0 Å². The van der Waals surface area contributed by atoms with E-state index in [1.165, 1.54) is 59.4 Å². The Bertz CT molecular complexity index is 2840. The molecular formula is C52H49IrN3SSi-2. The van der Waals surface area contributed by atoms with Crippen LogP contribution in [0.1, 0.15) is 36.1 Å². The van der Waals surface area contributed by atoms with Crippen LogP contribution in [0.5, 0.6) is 0 Å². The van der Waals surface area contributed by atoms with Gasteiger partial charge >= 0.3 is 0 Å². The smallest absolute Gasteiger partial charge is 0.0798 e. The summed E-state index contributed by atoms with van der Waals surface area (Å²) in [6.45, 7) is 18.4. The number of rotatable bonds is 7. The van der Waals surface area contributed by atoms with Gasteiger partial charge in [-0.2, -0.15) is 0 Å². The van der Waals surface area contributed by atoms with Crippen molar-refractivity contribution in [2.75, 3.05) is 0 Å². The summed E-state index contributed by atoms with van der Waals surface area (Å²) in [5.41, 5.74) is 14.3. The number of pyridine rings is 1. The number of imidazole rings is 1. The minimum atomic E-state index is -1.34. The Labute approximate surface area is 362 Å². The molecule has 0 saturated carbocycles. The van der Waals surface area contributed by atoms with Crippen LogP contribution in [0.4, 0.5) is 0 Å². The van der Waals surface area contributed by atoms with Gasteiger partial charge in [0.15, 0.2) is 0 Å². The molecule has 3 heterocycles. The summed E-state index contributed by atoms with van der Waals surface area (Å²) in [6.07, 6.45) is 3.24. The number of fused-ring (bicyclic) bond motifs is 3. The summed E-state index contributed by atoms with van der Waals surface area (Å²) in [5.74, 6) is 1.61. The largest absolute Gasteiger partial charge is 0.333 e. The molecule has 3 aromatic heterocycles. The van der Waals surface area contributed by atoms with Crippen molar-refractivity contribution in [3.8, 4) is 39.5 Å². The van der Waals surface area contributed by atoms with E-state index in [4.69, 9.17) is 4.98 Å². The third kappa shape index (κ3) is 8.17. The van der Waals surface area contributed by atoms with Gasteiger partial charge in [0.25, 0.3) is 0 Å². The molecule has 58 heavy (non-hydrogen) atoms. The van der Waals surface area contributed by atoms with Crippen LogP contribution < -0.4 is 5.19 Å². The van der Waals surface area contributed by atoms with Crippen molar-refractivity contribution in [3.05, 3.63) is 167 Å². The summed E-state index contributed by atoms with van der Waals surface area (Å²) in [6, 6.07) is 48.2. The molecule has 0 aliphatic carbocycles. The molecule has 0 N–H and O–H groups in total. The normalized spacial score (nSPS) is 11.5. The fraction of sp³-hybridized carbons (Fsp3) is 0.192. The third-order valence-corrected chi connectivity index (χ3v) is 13.9. The third-order valence-electron chi connectivity index (χ3n) is 10.8. The first-order valence-electron chi connectivity index (χ1n) is 19.9. The first kappa shape index (κ1) is 41.2. The van der Waals surface area contributed by atoms with Crippen molar-refractivity contribution in [1.29, 1.82) is 0 Å². The first-order chi connectivity index (χ1) is 27.5. The van der Waals surface area contributed by atoms with Crippen LogP contribution in [-0.4, -0.2) is 22.6 Å². The summed E-state index contributed by atoms with van der Waals surface area (Å²) in [7, 11) is -1.34. The van der Waals surface area contributed by atoms with Crippen molar-refractivity contribution in [2.45, 2.75) is 60.7 Å². The van der Waals surface area contributed by atoms with Gasteiger partial charge in [0.05, 0.1) is 24.9 Å². The number of hydrogen-bond acceptors (Lipinski definition) is 3. The Morgan fingerprint density at radius 3 is 2.16 bits per heavy atom. The molecule has 0 fully saturated rings. The Hall–Kier alpha value is -4.97. The number of hydrogen-bond donors (Lipinski definition) is 0. The van der Waals surface area contributed by atoms with Crippen LogP contribution in [0.15, 0.2) is 134 Å². The fourth-order valence-corrected chi connectivity index (χ4v) is 10.7. The maximum atomic E-state index is 5.17. The van der Waals surface area contributed by atoms with Gasteiger partial charge < -0.3 is 9.55 Å². The number of benzene rings is 6. The van der Waals surface area contributed by atoms with E-state index in [2.05, 4.69) is 191 Å². The average Bonchev–Trinajstić information content (AvgIpc) is 3.80. The first-order valence-corrected chi connectivity index (χ1v) is 24.2. The molecule has 3 nitrogen and oxygen atoms in total. The Balaban J connectivity index is 0.000000208. The Morgan fingerprint density at radius 1 is 0.759 bits per heavy atom. The maximum Gasteiger partial charge on any atom is 0.0798 e. The summed E-state index contributed by atoms with van der Waals surface area (Å²) >= 11 is 1.69. The predicted octanol–water partition coefficient (Wildman–Crippen LogP) is 13.7. The molecule has 1 radical (unpaired) electrons. The zero-order valence-electron chi connectivity index (χ0n) is 34.6. The van der Waals surface area contributed by atoms with Crippen LogP contribution in [-0.2, 0) is 26.5 Å². The average molecular weight is 968 g/mol. The predicted molar refractivity (Wildman–Crippen MR) is 248 cm³/mol. The second-order valence-electron chi connectivity index (χ2n) is 16.6. The van der Waals surface area contributed by atoms with Crippen molar-refractivity contribution in [1.82, 2.24) is 14.5 Å². The molecule has 0 aliphatic heterocycles. The van der Waals surface area contributed by atoms with Crippen LogP contribution in [0.25, 0.3) is 71.4 Å². The van der Waals surface area contributed by atoms with E-state index in [0.29, 0.717) is 5.92 Å². The molecule has 0 atom stereocenters. The molecule has 0 unspecified atom stereocenters.